The average Bonchev–Trinajstić information content (AvgIpc) is 2.89. The van der Waals surface area contributed by atoms with Gasteiger partial charge in [0.05, 0.1) is 6.54 Å². The summed E-state index contributed by atoms with van der Waals surface area (Å²) in [5.74, 6) is -1.18. The Morgan fingerprint density at radius 1 is 1.10 bits per heavy atom. The van der Waals surface area contributed by atoms with Crippen LogP contribution in [0, 0.1) is 0 Å². The lowest BCUT2D eigenvalue weighted by molar-refractivity contribution is -0.137. The predicted molar refractivity (Wildman–Crippen MR) is 65.5 cm³/mol. The fraction of sp³-hybridized carbons (Fsp3) is 0.250. The molecule has 8 nitrogen and oxygen atoms in total. The molecule has 2 rings (SSSR count). The number of benzene rings is 1. The Labute approximate surface area is 113 Å². The number of carbonyl (C=O) groups is 3. The van der Waals surface area contributed by atoms with E-state index in [-0.39, 0.29) is 13.3 Å². The maximum atomic E-state index is 11.8. The lowest BCUT2D eigenvalue weighted by Gasteiger charge is -2.06. The molecular weight excluding hydrogens is 268 g/mol. The van der Waals surface area contributed by atoms with Crippen LogP contribution in [0.3, 0.4) is 0 Å². The summed E-state index contributed by atoms with van der Waals surface area (Å²) in [5.41, 5.74) is 0.320. The van der Waals surface area contributed by atoms with E-state index in [1.807, 2.05) is 0 Å². The van der Waals surface area contributed by atoms with E-state index >= 15 is 0 Å². The number of rotatable bonds is 5. The highest BCUT2D eigenvalue weighted by Gasteiger charge is 2.16. The fourth-order valence-corrected chi connectivity index (χ4v) is 1.54. The number of ether oxygens (including phenoxy) is 2. The maximum absolute atomic E-state index is 11.8. The molecule has 20 heavy (non-hydrogen) atoms. The van der Waals surface area contributed by atoms with Crippen molar-refractivity contribution in [1.29, 1.82) is 0 Å². The molecule has 0 spiro atoms. The first-order chi connectivity index (χ1) is 9.56. The van der Waals surface area contributed by atoms with Crippen LogP contribution in [0.4, 0.5) is 0 Å². The Kier molecular flexibility index (Phi) is 4.04. The second kappa shape index (κ2) is 5.91. The van der Waals surface area contributed by atoms with Gasteiger partial charge >= 0.3 is 5.97 Å². The first-order valence-corrected chi connectivity index (χ1v) is 5.72. The molecule has 3 N–H and O–H groups in total. The van der Waals surface area contributed by atoms with Gasteiger partial charge in [-0.2, -0.15) is 0 Å². The van der Waals surface area contributed by atoms with E-state index < -0.39 is 24.3 Å². The topological polar surface area (TPSA) is 114 Å². The molecule has 1 aromatic carbocycles. The van der Waals surface area contributed by atoms with Gasteiger partial charge in [0.1, 0.15) is 6.54 Å². The number of hydrogen-bond donors (Lipinski definition) is 3. The van der Waals surface area contributed by atoms with Crippen molar-refractivity contribution in [3.8, 4) is 11.5 Å². The van der Waals surface area contributed by atoms with Gasteiger partial charge in [0.2, 0.25) is 12.7 Å². The second-order valence-electron chi connectivity index (χ2n) is 3.92. The number of carboxylic acids is 1. The molecule has 0 saturated carbocycles. The summed E-state index contributed by atoms with van der Waals surface area (Å²) in [6.45, 7) is -0.683. The third-order valence-corrected chi connectivity index (χ3v) is 2.48. The van der Waals surface area contributed by atoms with Crippen LogP contribution in [-0.2, 0) is 9.59 Å². The summed E-state index contributed by atoms with van der Waals surface area (Å²) < 4.78 is 10.2. The van der Waals surface area contributed by atoms with Gasteiger partial charge in [-0.1, -0.05) is 0 Å². The van der Waals surface area contributed by atoms with Crippen LogP contribution >= 0.6 is 0 Å². The minimum absolute atomic E-state index is 0.109. The van der Waals surface area contributed by atoms with Crippen molar-refractivity contribution in [1.82, 2.24) is 10.6 Å². The Hall–Kier alpha value is -2.77. The molecule has 0 fully saturated rings. The number of carbonyl (C=O) groups excluding carboxylic acids is 2. The molecule has 0 unspecified atom stereocenters. The largest absolute Gasteiger partial charge is 0.480 e. The number of hydrogen-bond acceptors (Lipinski definition) is 5. The van der Waals surface area contributed by atoms with Gasteiger partial charge in [-0.3, -0.25) is 14.4 Å². The van der Waals surface area contributed by atoms with Gasteiger partial charge in [-0.05, 0) is 18.2 Å². The third kappa shape index (κ3) is 3.37. The SMILES string of the molecule is O=C(O)CNC(=O)CNC(=O)c1ccc2c(c1)OCO2. The van der Waals surface area contributed by atoms with Crippen LogP contribution in [0.25, 0.3) is 0 Å². The third-order valence-electron chi connectivity index (χ3n) is 2.48. The Morgan fingerprint density at radius 2 is 1.85 bits per heavy atom. The lowest BCUT2D eigenvalue weighted by atomic mass is 10.2. The summed E-state index contributed by atoms with van der Waals surface area (Å²) >= 11 is 0. The molecule has 0 saturated heterocycles. The molecule has 106 valence electrons. The van der Waals surface area contributed by atoms with Gasteiger partial charge in [-0.25, -0.2) is 0 Å². The molecule has 0 bridgehead atoms. The van der Waals surface area contributed by atoms with E-state index in [2.05, 4.69) is 10.6 Å². The molecule has 0 atom stereocenters. The molecule has 8 heteroatoms. The van der Waals surface area contributed by atoms with Crippen molar-refractivity contribution in [2.24, 2.45) is 0 Å². The van der Waals surface area contributed by atoms with Gasteiger partial charge in [-0.15, -0.1) is 0 Å². The van der Waals surface area contributed by atoms with Crippen molar-refractivity contribution in [2.45, 2.75) is 0 Å². The summed E-state index contributed by atoms with van der Waals surface area (Å²) in [5, 5.41) is 12.9. The van der Waals surface area contributed by atoms with Crippen molar-refractivity contribution in [3.63, 3.8) is 0 Å². The minimum atomic E-state index is -1.15. The molecule has 1 aliphatic rings. The summed E-state index contributed by atoms with van der Waals surface area (Å²) in [4.78, 5) is 33.3. The fourth-order valence-electron chi connectivity index (χ4n) is 1.54. The summed E-state index contributed by atoms with van der Waals surface area (Å²) in [6, 6.07) is 4.65. The van der Waals surface area contributed by atoms with E-state index in [0.717, 1.165) is 0 Å². The highest BCUT2D eigenvalue weighted by molar-refractivity contribution is 5.97. The molecular formula is C12H12N2O6. The minimum Gasteiger partial charge on any atom is -0.480 e. The van der Waals surface area contributed by atoms with Crippen LogP contribution in [0.2, 0.25) is 0 Å². The molecule has 2 amide bonds. The highest BCUT2D eigenvalue weighted by atomic mass is 16.7. The smallest absolute Gasteiger partial charge is 0.322 e. The lowest BCUT2D eigenvalue weighted by Crippen LogP contribution is -2.39. The quantitative estimate of drug-likeness (QED) is 0.660. The van der Waals surface area contributed by atoms with Gasteiger partial charge in [0.15, 0.2) is 11.5 Å². The van der Waals surface area contributed by atoms with Crippen molar-refractivity contribution < 1.29 is 29.0 Å². The number of nitrogens with one attached hydrogen (secondary N) is 2. The number of amides is 2. The molecule has 1 aliphatic heterocycles. The highest BCUT2D eigenvalue weighted by Crippen LogP contribution is 2.32. The summed E-state index contributed by atoms with van der Waals surface area (Å²) in [7, 11) is 0. The Balaban J connectivity index is 1.86. The standard InChI is InChI=1S/C12H12N2O6/c15-10(13-5-11(16)17)4-14-12(18)7-1-2-8-9(3-7)20-6-19-8/h1-3H,4-6H2,(H,13,15)(H,14,18)(H,16,17). The van der Waals surface area contributed by atoms with Crippen molar-refractivity contribution in [2.75, 3.05) is 19.9 Å². The van der Waals surface area contributed by atoms with Crippen molar-refractivity contribution >= 4 is 17.8 Å². The average molecular weight is 280 g/mol. The molecule has 0 radical (unpaired) electrons. The zero-order valence-electron chi connectivity index (χ0n) is 10.3. The maximum Gasteiger partial charge on any atom is 0.322 e. The predicted octanol–water partition coefficient (Wildman–Crippen LogP) is -0.654. The van der Waals surface area contributed by atoms with Crippen LogP contribution in [0.1, 0.15) is 10.4 Å². The van der Waals surface area contributed by atoms with E-state index in [9.17, 15) is 14.4 Å². The van der Waals surface area contributed by atoms with E-state index in [0.29, 0.717) is 17.1 Å². The second-order valence-corrected chi connectivity index (χ2v) is 3.92. The van der Waals surface area contributed by atoms with Crippen LogP contribution < -0.4 is 20.1 Å². The van der Waals surface area contributed by atoms with E-state index in [1.54, 1.807) is 6.07 Å². The first kappa shape index (κ1) is 13.7. The van der Waals surface area contributed by atoms with Crippen LogP contribution in [-0.4, -0.2) is 42.8 Å². The van der Waals surface area contributed by atoms with Crippen LogP contribution in [0.15, 0.2) is 18.2 Å². The van der Waals surface area contributed by atoms with Crippen molar-refractivity contribution in [3.05, 3.63) is 23.8 Å². The van der Waals surface area contributed by atoms with E-state index in [1.165, 1.54) is 12.1 Å². The normalized spacial score (nSPS) is 11.8. The Morgan fingerprint density at radius 3 is 2.60 bits per heavy atom. The zero-order valence-corrected chi connectivity index (χ0v) is 10.3. The first-order valence-electron chi connectivity index (χ1n) is 5.72. The molecule has 0 aliphatic carbocycles. The molecule has 0 aromatic heterocycles. The number of aliphatic carboxylic acids is 1. The zero-order chi connectivity index (χ0) is 14.5. The number of fused-ring (bicyclic) bond motifs is 1. The van der Waals surface area contributed by atoms with E-state index in [4.69, 9.17) is 14.6 Å². The molecule has 1 aromatic rings. The van der Waals surface area contributed by atoms with Gasteiger partial charge in [0, 0.05) is 5.56 Å². The van der Waals surface area contributed by atoms with Crippen LogP contribution in [0.5, 0.6) is 11.5 Å². The number of carboxylic acid groups (broad SMARTS) is 1. The summed E-state index contributed by atoms with van der Waals surface area (Å²) in [6.07, 6.45) is 0. The monoisotopic (exact) mass is 280 g/mol. The molecule has 1 heterocycles. The van der Waals surface area contributed by atoms with Gasteiger partial charge in [0.25, 0.3) is 5.91 Å². The Bertz CT molecular complexity index is 557. The van der Waals surface area contributed by atoms with Gasteiger partial charge < -0.3 is 25.2 Å².